The molecule has 2 rings (SSSR count). The van der Waals surface area contributed by atoms with E-state index in [4.69, 9.17) is 0 Å². The maximum absolute atomic E-state index is 9.52. The van der Waals surface area contributed by atoms with Crippen molar-refractivity contribution in [2.75, 3.05) is 25.5 Å². The molecule has 0 spiro atoms. The predicted octanol–water partition coefficient (Wildman–Crippen LogP) is 0.782. The van der Waals surface area contributed by atoms with E-state index in [2.05, 4.69) is 20.4 Å². The molecular formula is C10H18N4OS. The highest BCUT2D eigenvalue weighted by Gasteiger charge is 2.26. The van der Waals surface area contributed by atoms with Crippen molar-refractivity contribution in [1.82, 2.24) is 15.1 Å². The highest BCUT2D eigenvalue weighted by Crippen LogP contribution is 2.23. The normalized spacial score (nSPS) is 23.6. The summed E-state index contributed by atoms with van der Waals surface area (Å²) in [6, 6.07) is 0. The number of aromatic nitrogens is 2. The van der Waals surface area contributed by atoms with Gasteiger partial charge in [-0.2, -0.15) is 0 Å². The molecule has 0 aromatic carbocycles. The van der Waals surface area contributed by atoms with Gasteiger partial charge >= 0.3 is 0 Å². The fourth-order valence-corrected chi connectivity index (χ4v) is 2.75. The minimum absolute atomic E-state index is 0.202. The van der Waals surface area contributed by atoms with E-state index in [9.17, 15) is 5.11 Å². The van der Waals surface area contributed by atoms with Crippen molar-refractivity contribution in [2.45, 2.75) is 26.0 Å². The SMILES string of the molecule is CNc1nnc(CN2CCC(C(C)O)C2)s1. The molecule has 2 atom stereocenters. The fraction of sp³-hybridized carbons (Fsp3) is 0.800. The average Bonchev–Trinajstić information content (AvgIpc) is 2.87. The van der Waals surface area contributed by atoms with Gasteiger partial charge in [0.25, 0.3) is 0 Å². The number of hydrogen-bond donors (Lipinski definition) is 2. The Kier molecular flexibility index (Phi) is 3.73. The quantitative estimate of drug-likeness (QED) is 0.817. The summed E-state index contributed by atoms with van der Waals surface area (Å²) < 4.78 is 0. The van der Waals surface area contributed by atoms with Crippen LogP contribution in [0.25, 0.3) is 0 Å². The van der Waals surface area contributed by atoms with Crippen LogP contribution in [0.2, 0.25) is 0 Å². The lowest BCUT2D eigenvalue weighted by Gasteiger charge is -2.15. The Balaban J connectivity index is 1.87. The van der Waals surface area contributed by atoms with Gasteiger partial charge in [-0.1, -0.05) is 11.3 Å². The van der Waals surface area contributed by atoms with E-state index in [-0.39, 0.29) is 6.10 Å². The topological polar surface area (TPSA) is 61.3 Å². The van der Waals surface area contributed by atoms with Crippen LogP contribution in [0.4, 0.5) is 5.13 Å². The van der Waals surface area contributed by atoms with Gasteiger partial charge < -0.3 is 10.4 Å². The zero-order valence-electron chi connectivity index (χ0n) is 9.68. The zero-order chi connectivity index (χ0) is 11.5. The Morgan fingerprint density at radius 1 is 1.62 bits per heavy atom. The van der Waals surface area contributed by atoms with Crippen LogP contribution < -0.4 is 5.32 Å². The second kappa shape index (κ2) is 5.07. The van der Waals surface area contributed by atoms with Crippen LogP contribution in [0.3, 0.4) is 0 Å². The molecule has 1 aromatic rings. The minimum Gasteiger partial charge on any atom is -0.393 e. The highest BCUT2D eigenvalue weighted by atomic mass is 32.1. The van der Waals surface area contributed by atoms with Crippen LogP contribution >= 0.6 is 11.3 Å². The highest BCUT2D eigenvalue weighted by molar-refractivity contribution is 7.15. The van der Waals surface area contributed by atoms with Gasteiger partial charge in [0.1, 0.15) is 5.01 Å². The first-order valence-electron chi connectivity index (χ1n) is 5.59. The molecule has 2 N–H and O–H groups in total. The predicted molar refractivity (Wildman–Crippen MR) is 64.5 cm³/mol. The van der Waals surface area contributed by atoms with Crippen LogP contribution in [-0.2, 0) is 6.54 Å². The summed E-state index contributed by atoms with van der Waals surface area (Å²) in [4.78, 5) is 2.33. The summed E-state index contributed by atoms with van der Waals surface area (Å²) in [6.07, 6.45) is 0.877. The number of aliphatic hydroxyl groups excluding tert-OH is 1. The Bertz CT molecular complexity index is 341. The van der Waals surface area contributed by atoms with Gasteiger partial charge in [-0.05, 0) is 25.8 Å². The summed E-state index contributed by atoms with van der Waals surface area (Å²) in [5, 5.41) is 22.5. The third kappa shape index (κ3) is 2.69. The lowest BCUT2D eigenvalue weighted by atomic mass is 10.0. The first-order valence-corrected chi connectivity index (χ1v) is 6.41. The second-order valence-electron chi connectivity index (χ2n) is 4.28. The third-order valence-corrected chi connectivity index (χ3v) is 3.96. The van der Waals surface area contributed by atoms with Gasteiger partial charge in [0, 0.05) is 13.6 Å². The first-order chi connectivity index (χ1) is 7.69. The van der Waals surface area contributed by atoms with Crippen molar-refractivity contribution in [3.8, 4) is 0 Å². The number of nitrogens with zero attached hydrogens (tertiary/aromatic N) is 3. The van der Waals surface area contributed by atoms with E-state index in [1.807, 2.05) is 14.0 Å². The zero-order valence-corrected chi connectivity index (χ0v) is 10.5. The molecule has 2 unspecified atom stereocenters. The molecule has 1 fully saturated rings. The van der Waals surface area contributed by atoms with E-state index in [0.29, 0.717) is 5.92 Å². The molecule has 0 saturated carbocycles. The molecular weight excluding hydrogens is 224 g/mol. The molecule has 1 aromatic heterocycles. The lowest BCUT2D eigenvalue weighted by molar-refractivity contribution is 0.127. The monoisotopic (exact) mass is 242 g/mol. The molecule has 90 valence electrons. The molecule has 0 bridgehead atoms. The molecule has 16 heavy (non-hydrogen) atoms. The Morgan fingerprint density at radius 3 is 3.00 bits per heavy atom. The largest absolute Gasteiger partial charge is 0.393 e. The number of nitrogens with one attached hydrogen (secondary N) is 1. The molecule has 6 heteroatoms. The molecule has 0 amide bonds. The molecule has 0 radical (unpaired) electrons. The van der Waals surface area contributed by atoms with E-state index in [1.54, 1.807) is 11.3 Å². The molecule has 1 aliphatic heterocycles. The standard InChI is InChI=1S/C10H18N4OS/c1-7(15)8-3-4-14(5-8)6-9-12-13-10(11-2)16-9/h7-8,15H,3-6H2,1-2H3,(H,11,13). The Hall–Kier alpha value is -0.720. The molecule has 0 aliphatic carbocycles. The van der Waals surface area contributed by atoms with E-state index < -0.39 is 0 Å². The van der Waals surface area contributed by atoms with Gasteiger partial charge in [0.05, 0.1) is 12.6 Å². The van der Waals surface area contributed by atoms with E-state index in [1.165, 1.54) is 0 Å². The summed E-state index contributed by atoms with van der Waals surface area (Å²) in [5.74, 6) is 0.414. The summed E-state index contributed by atoms with van der Waals surface area (Å²) in [5.41, 5.74) is 0. The van der Waals surface area contributed by atoms with Gasteiger partial charge in [0.2, 0.25) is 5.13 Å². The van der Waals surface area contributed by atoms with Crippen molar-refractivity contribution in [2.24, 2.45) is 5.92 Å². The van der Waals surface area contributed by atoms with E-state index >= 15 is 0 Å². The van der Waals surface area contributed by atoms with Crippen LogP contribution in [0.5, 0.6) is 0 Å². The van der Waals surface area contributed by atoms with Crippen molar-refractivity contribution < 1.29 is 5.11 Å². The average molecular weight is 242 g/mol. The summed E-state index contributed by atoms with van der Waals surface area (Å²) in [7, 11) is 1.85. The number of anilines is 1. The second-order valence-corrected chi connectivity index (χ2v) is 5.34. The smallest absolute Gasteiger partial charge is 0.205 e. The minimum atomic E-state index is -0.202. The number of likely N-dealkylation sites (tertiary alicyclic amines) is 1. The maximum Gasteiger partial charge on any atom is 0.205 e. The van der Waals surface area contributed by atoms with Crippen LogP contribution in [-0.4, -0.2) is 46.4 Å². The van der Waals surface area contributed by atoms with Crippen LogP contribution in [0.1, 0.15) is 18.4 Å². The Morgan fingerprint density at radius 2 is 2.44 bits per heavy atom. The van der Waals surface area contributed by atoms with Gasteiger partial charge in [-0.15, -0.1) is 10.2 Å². The van der Waals surface area contributed by atoms with Crippen molar-refractivity contribution in [1.29, 1.82) is 0 Å². The Labute approximate surface area is 99.5 Å². The van der Waals surface area contributed by atoms with Crippen molar-refractivity contribution in [3.63, 3.8) is 0 Å². The molecule has 1 aliphatic rings. The number of hydrogen-bond acceptors (Lipinski definition) is 6. The van der Waals surface area contributed by atoms with E-state index in [0.717, 1.165) is 36.2 Å². The lowest BCUT2D eigenvalue weighted by Crippen LogP contribution is -2.23. The van der Waals surface area contributed by atoms with Crippen molar-refractivity contribution >= 4 is 16.5 Å². The number of rotatable bonds is 4. The molecule has 2 heterocycles. The molecule has 5 nitrogen and oxygen atoms in total. The fourth-order valence-electron chi connectivity index (χ4n) is 2.01. The number of aliphatic hydroxyl groups is 1. The maximum atomic E-state index is 9.52. The third-order valence-electron chi connectivity index (χ3n) is 3.03. The summed E-state index contributed by atoms with van der Waals surface area (Å²) >= 11 is 1.59. The molecule has 1 saturated heterocycles. The summed E-state index contributed by atoms with van der Waals surface area (Å²) in [6.45, 7) is 4.73. The van der Waals surface area contributed by atoms with Crippen LogP contribution in [0, 0.1) is 5.92 Å². The van der Waals surface area contributed by atoms with Crippen LogP contribution in [0.15, 0.2) is 0 Å². The van der Waals surface area contributed by atoms with Gasteiger partial charge in [0.15, 0.2) is 0 Å². The van der Waals surface area contributed by atoms with Gasteiger partial charge in [-0.3, -0.25) is 4.90 Å². The van der Waals surface area contributed by atoms with Gasteiger partial charge in [-0.25, -0.2) is 0 Å². The first kappa shape index (κ1) is 11.8. The van der Waals surface area contributed by atoms with Crippen molar-refractivity contribution in [3.05, 3.63) is 5.01 Å².